The molecular weight excluding hydrogens is 356 g/mol. The molecule has 0 aliphatic heterocycles. The van der Waals surface area contributed by atoms with Crippen molar-refractivity contribution in [3.8, 4) is 0 Å². The maximum Gasteiger partial charge on any atom is 0.314 e. The third-order valence-corrected chi connectivity index (χ3v) is 4.44. The number of hydrogen-bond acceptors (Lipinski definition) is 4. The summed E-state index contributed by atoms with van der Waals surface area (Å²) in [5.74, 6) is -1.38. The number of benzene rings is 2. The van der Waals surface area contributed by atoms with E-state index in [1.54, 1.807) is 24.3 Å². The summed E-state index contributed by atoms with van der Waals surface area (Å²) < 4.78 is 5.29. The lowest BCUT2D eigenvalue weighted by Crippen LogP contribution is -2.27. The first-order valence-corrected chi connectivity index (χ1v) is 9.29. The lowest BCUT2D eigenvalue weighted by atomic mass is 9.86. The van der Waals surface area contributed by atoms with E-state index < -0.39 is 17.8 Å². The third kappa shape index (κ3) is 6.23. The van der Waals surface area contributed by atoms with E-state index in [9.17, 15) is 14.4 Å². The Morgan fingerprint density at radius 1 is 0.964 bits per heavy atom. The minimum atomic E-state index is -0.440. The molecule has 2 aromatic rings. The third-order valence-electron chi connectivity index (χ3n) is 4.44. The molecule has 0 aliphatic carbocycles. The van der Waals surface area contributed by atoms with Crippen molar-refractivity contribution >= 4 is 29.2 Å². The van der Waals surface area contributed by atoms with Gasteiger partial charge in [0.15, 0.2) is 6.61 Å². The lowest BCUT2D eigenvalue weighted by molar-refractivity contribution is -0.150. The summed E-state index contributed by atoms with van der Waals surface area (Å²) in [5, 5.41) is 5.31. The van der Waals surface area contributed by atoms with Crippen LogP contribution in [0.15, 0.2) is 54.6 Å². The molecule has 2 aromatic carbocycles. The molecule has 0 saturated carbocycles. The smallest absolute Gasteiger partial charge is 0.314 e. The van der Waals surface area contributed by atoms with Crippen molar-refractivity contribution in [3.63, 3.8) is 0 Å². The second-order valence-electron chi connectivity index (χ2n) is 6.69. The number of esters is 1. The number of rotatable bonds is 8. The lowest BCUT2D eigenvalue weighted by Gasteiger charge is -2.21. The molecule has 0 spiro atoms. The number of nitrogens with one attached hydrogen (secondary N) is 2. The van der Waals surface area contributed by atoms with Crippen molar-refractivity contribution in [1.29, 1.82) is 0 Å². The molecule has 0 unspecified atom stereocenters. The second-order valence-corrected chi connectivity index (χ2v) is 6.69. The molecule has 0 fully saturated rings. The monoisotopic (exact) mass is 382 g/mol. The van der Waals surface area contributed by atoms with E-state index in [4.69, 9.17) is 4.74 Å². The van der Waals surface area contributed by atoms with Gasteiger partial charge in [-0.1, -0.05) is 56.7 Å². The highest BCUT2D eigenvalue weighted by Gasteiger charge is 2.27. The molecule has 6 heteroatoms. The zero-order valence-corrected chi connectivity index (χ0v) is 16.4. The summed E-state index contributed by atoms with van der Waals surface area (Å²) in [7, 11) is 0. The van der Waals surface area contributed by atoms with Crippen LogP contribution < -0.4 is 10.6 Å². The molecule has 0 bridgehead atoms. The molecular formula is C22H26N2O4. The Bertz CT molecular complexity index is 820. The van der Waals surface area contributed by atoms with E-state index >= 15 is 0 Å². The van der Waals surface area contributed by atoms with Gasteiger partial charge in [-0.2, -0.15) is 0 Å². The van der Waals surface area contributed by atoms with Gasteiger partial charge in [0.05, 0.1) is 5.92 Å². The standard InChI is InChI=1S/C22H26N2O4/c1-4-15(2)21(17-9-6-5-7-10-17)22(27)28-14-20(26)24-19-12-8-11-18(13-19)23-16(3)25/h5-13,15,21H,4,14H2,1-3H3,(H,23,25)(H,24,26)/t15-,21+/m1/s1. The van der Waals surface area contributed by atoms with Gasteiger partial charge in [0, 0.05) is 18.3 Å². The number of ether oxygens (including phenoxy) is 1. The van der Waals surface area contributed by atoms with Crippen LogP contribution in [0.2, 0.25) is 0 Å². The van der Waals surface area contributed by atoms with Gasteiger partial charge in [-0.25, -0.2) is 0 Å². The fourth-order valence-electron chi connectivity index (χ4n) is 2.89. The molecule has 28 heavy (non-hydrogen) atoms. The molecule has 0 heterocycles. The van der Waals surface area contributed by atoms with Crippen molar-refractivity contribution in [2.45, 2.75) is 33.1 Å². The van der Waals surface area contributed by atoms with Crippen molar-refractivity contribution in [2.75, 3.05) is 17.2 Å². The molecule has 2 N–H and O–H groups in total. The Hall–Kier alpha value is -3.15. The van der Waals surface area contributed by atoms with Crippen LogP contribution in [0.1, 0.15) is 38.7 Å². The van der Waals surface area contributed by atoms with Crippen LogP contribution in [-0.4, -0.2) is 24.4 Å². The molecule has 2 atom stereocenters. The van der Waals surface area contributed by atoms with Crippen molar-refractivity contribution < 1.29 is 19.1 Å². The zero-order valence-electron chi connectivity index (χ0n) is 16.4. The average Bonchev–Trinajstić information content (AvgIpc) is 2.67. The van der Waals surface area contributed by atoms with E-state index in [0.29, 0.717) is 11.4 Å². The predicted octanol–water partition coefficient (Wildman–Crippen LogP) is 3.96. The maximum atomic E-state index is 12.6. The number of carbonyl (C=O) groups excluding carboxylic acids is 3. The van der Waals surface area contributed by atoms with Gasteiger partial charge in [-0.3, -0.25) is 14.4 Å². The van der Waals surface area contributed by atoms with Crippen LogP contribution >= 0.6 is 0 Å². The Kier molecular flexibility index (Phi) is 7.75. The quantitative estimate of drug-likeness (QED) is 0.677. The van der Waals surface area contributed by atoms with Crippen LogP contribution in [0.25, 0.3) is 0 Å². The molecule has 0 radical (unpaired) electrons. The fourth-order valence-corrected chi connectivity index (χ4v) is 2.89. The van der Waals surface area contributed by atoms with Crippen LogP contribution in [0.5, 0.6) is 0 Å². The number of anilines is 2. The van der Waals surface area contributed by atoms with E-state index in [2.05, 4.69) is 10.6 Å². The highest BCUT2D eigenvalue weighted by molar-refractivity contribution is 5.95. The Labute approximate surface area is 165 Å². The normalized spacial score (nSPS) is 12.5. The van der Waals surface area contributed by atoms with Crippen molar-refractivity contribution in [1.82, 2.24) is 0 Å². The summed E-state index contributed by atoms with van der Waals surface area (Å²) >= 11 is 0. The Morgan fingerprint density at radius 3 is 2.21 bits per heavy atom. The SMILES string of the molecule is CC[C@@H](C)[C@H](C(=O)OCC(=O)Nc1cccc(NC(C)=O)c1)c1ccccc1. The first kappa shape index (κ1) is 21.2. The van der Waals surface area contributed by atoms with Gasteiger partial charge in [0.2, 0.25) is 5.91 Å². The molecule has 0 aromatic heterocycles. The Morgan fingerprint density at radius 2 is 1.61 bits per heavy atom. The molecule has 0 aliphatic rings. The van der Waals surface area contributed by atoms with Crippen LogP contribution in [0.3, 0.4) is 0 Å². The van der Waals surface area contributed by atoms with Crippen LogP contribution in [0, 0.1) is 5.92 Å². The number of carbonyl (C=O) groups is 3. The van der Waals surface area contributed by atoms with E-state index in [0.717, 1.165) is 12.0 Å². The molecule has 148 valence electrons. The summed E-state index contributed by atoms with van der Waals surface area (Å²) in [6.07, 6.45) is 0.816. The maximum absolute atomic E-state index is 12.6. The minimum absolute atomic E-state index is 0.0901. The summed E-state index contributed by atoms with van der Waals surface area (Å²) in [6, 6.07) is 16.2. The predicted molar refractivity (Wildman–Crippen MR) is 109 cm³/mol. The zero-order chi connectivity index (χ0) is 20.5. The van der Waals surface area contributed by atoms with E-state index in [-0.39, 0.29) is 18.4 Å². The molecule has 2 rings (SSSR count). The molecule has 0 saturated heterocycles. The topological polar surface area (TPSA) is 84.5 Å². The first-order chi connectivity index (χ1) is 13.4. The number of hydrogen-bond donors (Lipinski definition) is 2. The summed E-state index contributed by atoms with van der Waals surface area (Å²) in [4.78, 5) is 35.9. The Balaban J connectivity index is 1.97. The molecule has 6 nitrogen and oxygen atoms in total. The summed E-state index contributed by atoms with van der Waals surface area (Å²) in [5.41, 5.74) is 1.96. The first-order valence-electron chi connectivity index (χ1n) is 9.29. The van der Waals surface area contributed by atoms with Crippen molar-refractivity contribution in [3.05, 3.63) is 60.2 Å². The van der Waals surface area contributed by atoms with Crippen molar-refractivity contribution in [2.24, 2.45) is 5.92 Å². The number of amides is 2. The highest BCUT2D eigenvalue weighted by atomic mass is 16.5. The second kappa shape index (κ2) is 10.3. The molecule has 2 amide bonds. The van der Waals surface area contributed by atoms with Crippen LogP contribution in [0.4, 0.5) is 11.4 Å². The fraction of sp³-hybridized carbons (Fsp3) is 0.318. The highest BCUT2D eigenvalue weighted by Crippen LogP contribution is 2.28. The average molecular weight is 382 g/mol. The minimum Gasteiger partial charge on any atom is -0.455 e. The summed E-state index contributed by atoms with van der Waals surface area (Å²) in [6.45, 7) is 5.04. The van der Waals surface area contributed by atoms with Gasteiger partial charge in [-0.15, -0.1) is 0 Å². The van der Waals surface area contributed by atoms with Crippen LogP contribution in [-0.2, 0) is 19.1 Å². The van der Waals surface area contributed by atoms with Gasteiger partial charge in [0.25, 0.3) is 5.91 Å². The van der Waals surface area contributed by atoms with Gasteiger partial charge >= 0.3 is 5.97 Å². The van der Waals surface area contributed by atoms with Gasteiger partial charge in [0.1, 0.15) is 0 Å². The van der Waals surface area contributed by atoms with E-state index in [1.165, 1.54) is 6.92 Å². The van der Waals surface area contributed by atoms with Gasteiger partial charge < -0.3 is 15.4 Å². The van der Waals surface area contributed by atoms with E-state index in [1.807, 2.05) is 44.2 Å². The van der Waals surface area contributed by atoms with Gasteiger partial charge in [-0.05, 0) is 29.7 Å². The largest absolute Gasteiger partial charge is 0.455 e.